The minimum Gasteiger partial charge on any atom is -0.496 e. The summed E-state index contributed by atoms with van der Waals surface area (Å²) in [5, 5.41) is 6.22. The predicted octanol–water partition coefficient (Wildman–Crippen LogP) is 2.79. The van der Waals surface area contributed by atoms with Gasteiger partial charge in [-0.15, -0.1) is 0 Å². The van der Waals surface area contributed by atoms with E-state index < -0.39 is 0 Å². The Hall–Kier alpha value is -2.33. The highest BCUT2D eigenvalue weighted by molar-refractivity contribution is 6.02. The molecule has 0 spiro atoms. The number of nitrogens with one attached hydrogen (secondary N) is 2. The van der Waals surface area contributed by atoms with Crippen molar-refractivity contribution < 1.29 is 9.53 Å². The third-order valence-corrected chi connectivity index (χ3v) is 3.73. The zero-order valence-corrected chi connectivity index (χ0v) is 12.1. The van der Waals surface area contributed by atoms with Crippen LogP contribution in [0.5, 0.6) is 5.75 Å². The molecule has 2 N–H and O–H groups in total. The van der Waals surface area contributed by atoms with Crippen LogP contribution in [-0.4, -0.2) is 13.0 Å². The van der Waals surface area contributed by atoms with Crippen LogP contribution >= 0.6 is 0 Å². The standard InChI is InChI=1S/C17H18N2O2/c1-11-7-8-14-13(9-11)16(17(20)19-14)18-10-12-5-3-4-6-15(12)21-2/h3-9,16,18H,10H2,1-2H3,(H,19,20). The Labute approximate surface area is 124 Å². The first-order valence-corrected chi connectivity index (χ1v) is 6.96. The lowest BCUT2D eigenvalue weighted by Crippen LogP contribution is -2.27. The van der Waals surface area contributed by atoms with E-state index in [4.69, 9.17) is 4.74 Å². The summed E-state index contributed by atoms with van der Waals surface area (Å²) in [5.74, 6) is 0.818. The van der Waals surface area contributed by atoms with Crippen LogP contribution in [0.1, 0.15) is 22.7 Å². The number of aryl methyl sites for hydroxylation is 1. The van der Waals surface area contributed by atoms with E-state index in [1.54, 1.807) is 7.11 Å². The summed E-state index contributed by atoms with van der Waals surface area (Å²) < 4.78 is 5.34. The van der Waals surface area contributed by atoms with Crippen molar-refractivity contribution in [2.45, 2.75) is 19.5 Å². The summed E-state index contributed by atoms with van der Waals surface area (Å²) in [6.45, 7) is 2.61. The summed E-state index contributed by atoms with van der Waals surface area (Å²) in [7, 11) is 1.65. The van der Waals surface area contributed by atoms with Crippen LogP contribution in [0.15, 0.2) is 42.5 Å². The van der Waals surface area contributed by atoms with Crippen LogP contribution < -0.4 is 15.4 Å². The van der Waals surface area contributed by atoms with Gasteiger partial charge in [0.05, 0.1) is 7.11 Å². The fourth-order valence-electron chi connectivity index (χ4n) is 2.64. The molecule has 21 heavy (non-hydrogen) atoms. The van der Waals surface area contributed by atoms with Crippen LogP contribution in [0.25, 0.3) is 0 Å². The number of methoxy groups -OCH3 is 1. The third-order valence-electron chi connectivity index (χ3n) is 3.73. The lowest BCUT2D eigenvalue weighted by atomic mass is 10.0. The van der Waals surface area contributed by atoms with Crippen molar-refractivity contribution in [3.05, 3.63) is 59.2 Å². The Morgan fingerprint density at radius 3 is 2.86 bits per heavy atom. The summed E-state index contributed by atoms with van der Waals surface area (Å²) in [6, 6.07) is 13.5. The maximum absolute atomic E-state index is 12.1. The largest absolute Gasteiger partial charge is 0.496 e. The second-order valence-electron chi connectivity index (χ2n) is 5.21. The number of hydrogen-bond acceptors (Lipinski definition) is 3. The van der Waals surface area contributed by atoms with Crippen molar-refractivity contribution in [1.82, 2.24) is 5.32 Å². The molecule has 2 aromatic rings. The van der Waals surface area contributed by atoms with Gasteiger partial charge in [0, 0.05) is 23.4 Å². The smallest absolute Gasteiger partial charge is 0.246 e. The molecule has 0 aliphatic carbocycles. The minimum atomic E-state index is -0.315. The van der Waals surface area contributed by atoms with Crippen LogP contribution in [0.2, 0.25) is 0 Å². The topological polar surface area (TPSA) is 50.4 Å². The normalized spacial score (nSPS) is 16.5. The maximum Gasteiger partial charge on any atom is 0.246 e. The zero-order valence-electron chi connectivity index (χ0n) is 12.1. The summed E-state index contributed by atoms with van der Waals surface area (Å²) in [4.78, 5) is 12.1. The monoisotopic (exact) mass is 282 g/mol. The molecule has 108 valence electrons. The molecule has 2 aromatic carbocycles. The molecule has 1 atom stereocenters. The number of carbonyl (C=O) groups is 1. The van der Waals surface area contributed by atoms with E-state index in [0.29, 0.717) is 6.54 Å². The molecule has 0 saturated carbocycles. The highest BCUT2D eigenvalue weighted by Crippen LogP contribution is 2.32. The summed E-state index contributed by atoms with van der Waals surface area (Å²) in [6.07, 6.45) is 0. The van der Waals surface area contributed by atoms with Crippen molar-refractivity contribution in [1.29, 1.82) is 0 Å². The van der Waals surface area contributed by atoms with Gasteiger partial charge in [-0.1, -0.05) is 35.9 Å². The summed E-state index contributed by atoms with van der Waals surface area (Å²) in [5.41, 5.74) is 4.08. The molecule has 3 rings (SSSR count). The van der Waals surface area contributed by atoms with Gasteiger partial charge >= 0.3 is 0 Å². The highest BCUT2D eigenvalue weighted by atomic mass is 16.5. The van der Waals surface area contributed by atoms with Gasteiger partial charge < -0.3 is 10.1 Å². The van der Waals surface area contributed by atoms with Gasteiger partial charge in [0.1, 0.15) is 11.8 Å². The molecule has 0 saturated heterocycles. The summed E-state index contributed by atoms with van der Waals surface area (Å²) >= 11 is 0. The number of benzene rings is 2. The molecule has 1 heterocycles. The van der Waals surface area contributed by atoms with Crippen molar-refractivity contribution in [2.75, 3.05) is 12.4 Å². The van der Waals surface area contributed by atoms with Crippen LogP contribution in [0, 0.1) is 6.92 Å². The first-order chi connectivity index (χ1) is 10.2. The van der Waals surface area contributed by atoms with Gasteiger partial charge in [0.2, 0.25) is 5.91 Å². The Morgan fingerprint density at radius 2 is 2.05 bits per heavy atom. The molecule has 1 aliphatic rings. The molecule has 4 nitrogen and oxygen atoms in total. The Kier molecular flexibility index (Phi) is 3.62. The number of rotatable bonds is 4. The molecular formula is C17H18N2O2. The molecule has 0 bridgehead atoms. The average molecular weight is 282 g/mol. The third kappa shape index (κ3) is 2.62. The fourth-order valence-corrected chi connectivity index (χ4v) is 2.64. The molecule has 4 heteroatoms. The number of hydrogen-bond donors (Lipinski definition) is 2. The number of ether oxygens (including phenoxy) is 1. The Morgan fingerprint density at radius 1 is 1.24 bits per heavy atom. The van der Waals surface area contributed by atoms with Crippen molar-refractivity contribution in [3.63, 3.8) is 0 Å². The highest BCUT2D eigenvalue weighted by Gasteiger charge is 2.30. The van der Waals surface area contributed by atoms with Crippen LogP contribution in [0.3, 0.4) is 0 Å². The second kappa shape index (κ2) is 5.58. The number of anilines is 1. The SMILES string of the molecule is COc1ccccc1CNC1C(=O)Nc2ccc(C)cc21. The number of fused-ring (bicyclic) bond motifs is 1. The van der Waals surface area contributed by atoms with Gasteiger partial charge in [-0.25, -0.2) is 0 Å². The van der Waals surface area contributed by atoms with E-state index in [2.05, 4.69) is 10.6 Å². The van der Waals surface area contributed by atoms with E-state index >= 15 is 0 Å². The Bertz CT molecular complexity index is 682. The van der Waals surface area contributed by atoms with Crippen molar-refractivity contribution in [3.8, 4) is 5.75 Å². The van der Waals surface area contributed by atoms with E-state index in [1.807, 2.05) is 49.4 Å². The van der Waals surface area contributed by atoms with Crippen LogP contribution in [-0.2, 0) is 11.3 Å². The molecule has 0 fully saturated rings. The molecule has 1 unspecified atom stereocenters. The molecule has 0 radical (unpaired) electrons. The quantitative estimate of drug-likeness (QED) is 0.906. The van der Waals surface area contributed by atoms with E-state index in [9.17, 15) is 4.79 Å². The zero-order chi connectivity index (χ0) is 14.8. The van der Waals surface area contributed by atoms with Crippen molar-refractivity contribution >= 4 is 11.6 Å². The van der Waals surface area contributed by atoms with Crippen LogP contribution in [0.4, 0.5) is 5.69 Å². The lowest BCUT2D eigenvalue weighted by molar-refractivity contribution is -0.117. The average Bonchev–Trinajstić information content (AvgIpc) is 2.80. The van der Waals surface area contributed by atoms with Gasteiger partial charge in [-0.05, 0) is 19.1 Å². The fraction of sp³-hybridized carbons (Fsp3) is 0.235. The van der Waals surface area contributed by atoms with E-state index in [-0.39, 0.29) is 11.9 Å². The molecule has 1 amide bonds. The second-order valence-corrected chi connectivity index (χ2v) is 5.21. The lowest BCUT2D eigenvalue weighted by Gasteiger charge is -2.14. The molecule has 1 aliphatic heterocycles. The minimum absolute atomic E-state index is 0.00880. The van der Waals surface area contributed by atoms with Gasteiger partial charge in [0.15, 0.2) is 0 Å². The van der Waals surface area contributed by atoms with Gasteiger partial charge in [-0.3, -0.25) is 10.1 Å². The number of carbonyl (C=O) groups excluding carboxylic acids is 1. The van der Waals surface area contributed by atoms with Gasteiger partial charge in [0.25, 0.3) is 0 Å². The molecule has 0 aromatic heterocycles. The molecular weight excluding hydrogens is 264 g/mol. The number of para-hydroxylation sites is 1. The number of amides is 1. The first-order valence-electron chi connectivity index (χ1n) is 6.96. The predicted molar refractivity (Wildman–Crippen MR) is 82.4 cm³/mol. The van der Waals surface area contributed by atoms with E-state index in [0.717, 1.165) is 28.1 Å². The van der Waals surface area contributed by atoms with Crippen molar-refractivity contribution in [2.24, 2.45) is 0 Å². The Balaban J connectivity index is 1.80. The van der Waals surface area contributed by atoms with Gasteiger partial charge in [-0.2, -0.15) is 0 Å². The maximum atomic E-state index is 12.1. The van der Waals surface area contributed by atoms with E-state index in [1.165, 1.54) is 0 Å². The first kappa shape index (κ1) is 13.6.